The van der Waals surface area contributed by atoms with Crippen molar-refractivity contribution in [1.29, 1.82) is 0 Å². The van der Waals surface area contributed by atoms with Crippen molar-refractivity contribution in [1.82, 2.24) is 5.43 Å². The zero-order valence-corrected chi connectivity index (χ0v) is 12.2. The molecule has 0 bridgehead atoms. The smallest absolute Gasteiger partial charge is 0.271 e. The fraction of sp³-hybridized carbons (Fsp3) is 0.294. The fourth-order valence-corrected chi connectivity index (χ4v) is 2.40. The summed E-state index contributed by atoms with van der Waals surface area (Å²) < 4.78 is 5.69. The standard InChI is InChI=1S/C17H18N2O2/c1-11-5-3-4-6-14(11)17(20)19-18-10-13-7-8-16(21-13)15-9-12(15)2/h3-8,10,12,15H,9H2,1-2H3,(H,19,20)/b18-10-/t12-,15-/m1/s1. The molecule has 1 N–H and O–H groups in total. The highest BCUT2D eigenvalue weighted by atomic mass is 16.3. The third kappa shape index (κ3) is 3.05. The summed E-state index contributed by atoms with van der Waals surface area (Å²) in [5.41, 5.74) is 4.07. The molecule has 1 aliphatic rings. The number of nitrogens with zero attached hydrogens (tertiary/aromatic N) is 1. The van der Waals surface area contributed by atoms with Gasteiger partial charge in [0.25, 0.3) is 5.91 Å². The number of rotatable bonds is 4. The lowest BCUT2D eigenvalue weighted by molar-refractivity contribution is 0.0954. The van der Waals surface area contributed by atoms with Crippen LogP contribution in [0.3, 0.4) is 0 Å². The predicted octanol–water partition coefficient (Wildman–Crippen LogP) is 3.48. The van der Waals surface area contributed by atoms with Crippen molar-refractivity contribution < 1.29 is 9.21 Å². The third-order valence-electron chi connectivity index (χ3n) is 3.87. The van der Waals surface area contributed by atoms with Crippen LogP contribution in [0.1, 0.15) is 46.7 Å². The first-order valence-electron chi connectivity index (χ1n) is 7.14. The quantitative estimate of drug-likeness (QED) is 0.689. The molecule has 0 spiro atoms. The molecule has 0 aliphatic heterocycles. The number of nitrogens with one attached hydrogen (secondary N) is 1. The molecule has 1 amide bonds. The highest BCUT2D eigenvalue weighted by Gasteiger charge is 2.36. The van der Waals surface area contributed by atoms with Gasteiger partial charge in [-0.2, -0.15) is 5.10 Å². The molecule has 1 aromatic carbocycles. The zero-order valence-electron chi connectivity index (χ0n) is 12.2. The maximum absolute atomic E-state index is 12.0. The van der Waals surface area contributed by atoms with Gasteiger partial charge < -0.3 is 4.42 Å². The Hall–Kier alpha value is -2.36. The molecule has 0 radical (unpaired) electrons. The van der Waals surface area contributed by atoms with Gasteiger partial charge in [-0.25, -0.2) is 5.43 Å². The number of carbonyl (C=O) groups is 1. The summed E-state index contributed by atoms with van der Waals surface area (Å²) in [7, 11) is 0. The first-order chi connectivity index (χ1) is 10.1. The van der Waals surface area contributed by atoms with Crippen molar-refractivity contribution in [3.05, 3.63) is 59.0 Å². The Bertz CT molecular complexity index is 688. The number of furan rings is 1. The minimum absolute atomic E-state index is 0.216. The van der Waals surface area contributed by atoms with Crippen molar-refractivity contribution in [3.8, 4) is 0 Å². The zero-order chi connectivity index (χ0) is 14.8. The summed E-state index contributed by atoms with van der Waals surface area (Å²) in [6.45, 7) is 4.11. The van der Waals surface area contributed by atoms with Crippen LogP contribution in [0.2, 0.25) is 0 Å². The fourth-order valence-electron chi connectivity index (χ4n) is 2.40. The number of hydrazone groups is 1. The maximum Gasteiger partial charge on any atom is 0.271 e. The Labute approximate surface area is 123 Å². The summed E-state index contributed by atoms with van der Waals surface area (Å²) in [6.07, 6.45) is 2.72. The lowest BCUT2D eigenvalue weighted by Crippen LogP contribution is -2.18. The third-order valence-corrected chi connectivity index (χ3v) is 3.87. The molecular formula is C17H18N2O2. The van der Waals surface area contributed by atoms with Gasteiger partial charge >= 0.3 is 0 Å². The van der Waals surface area contributed by atoms with E-state index in [2.05, 4.69) is 17.5 Å². The topological polar surface area (TPSA) is 54.6 Å². The molecule has 1 aromatic heterocycles. The van der Waals surface area contributed by atoms with E-state index in [1.165, 1.54) is 12.6 Å². The highest BCUT2D eigenvalue weighted by Crippen LogP contribution is 2.47. The summed E-state index contributed by atoms with van der Waals surface area (Å²) >= 11 is 0. The largest absolute Gasteiger partial charge is 0.460 e. The minimum Gasteiger partial charge on any atom is -0.460 e. The van der Waals surface area contributed by atoms with Crippen LogP contribution in [0.4, 0.5) is 0 Å². The first kappa shape index (κ1) is 13.6. The molecule has 1 saturated carbocycles. The number of aryl methyl sites for hydroxylation is 1. The van der Waals surface area contributed by atoms with Gasteiger partial charge in [-0.1, -0.05) is 25.1 Å². The maximum atomic E-state index is 12.0. The molecule has 1 fully saturated rings. The van der Waals surface area contributed by atoms with Gasteiger partial charge in [-0.05, 0) is 43.0 Å². The van der Waals surface area contributed by atoms with E-state index in [1.807, 2.05) is 37.3 Å². The van der Waals surface area contributed by atoms with Crippen molar-refractivity contribution in [2.75, 3.05) is 0 Å². The molecule has 2 aromatic rings. The van der Waals surface area contributed by atoms with E-state index >= 15 is 0 Å². The molecule has 3 rings (SSSR count). The van der Waals surface area contributed by atoms with Gasteiger partial charge in [0.05, 0.1) is 6.21 Å². The first-order valence-corrected chi connectivity index (χ1v) is 7.14. The summed E-state index contributed by atoms with van der Waals surface area (Å²) in [6, 6.07) is 11.3. The van der Waals surface area contributed by atoms with Gasteiger partial charge in [-0.3, -0.25) is 4.79 Å². The average Bonchev–Trinajstić information content (AvgIpc) is 3.01. The molecule has 2 atom stereocenters. The number of carbonyl (C=O) groups excluding carboxylic acids is 1. The second kappa shape index (κ2) is 5.56. The van der Waals surface area contributed by atoms with Gasteiger partial charge in [0.2, 0.25) is 0 Å². The second-order valence-corrected chi connectivity index (χ2v) is 5.57. The van der Waals surface area contributed by atoms with E-state index in [1.54, 1.807) is 6.07 Å². The molecule has 108 valence electrons. The van der Waals surface area contributed by atoms with E-state index in [4.69, 9.17) is 4.42 Å². The number of benzene rings is 1. The Kier molecular flexibility index (Phi) is 3.60. The van der Waals surface area contributed by atoms with Crippen molar-refractivity contribution >= 4 is 12.1 Å². The van der Waals surface area contributed by atoms with E-state index in [0.29, 0.717) is 23.2 Å². The number of hydrogen-bond donors (Lipinski definition) is 1. The summed E-state index contributed by atoms with van der Waals surface area (Å²) in [4.78, 5) is 12.0. The average molecular weight is 282 g/mol. The van der Waals surface area contributed by atoms with Crippen LogP contribution in [0.15, 0.2) is 45.9 Å². The molecule has 0 saturated heterocycles. The Morgan fingerprint density at radius 2 is 2.10 bits per heavy atom. The van der Waals surface area contributed by atoms with Crippen molar-refractivity contribution in [2.24, 2.45) is 11.0 Å². The molecule has 4 nitrogen and oxygen atoms in total. The highest BCUT2D eigenvalue weighted by molar-refractivity contribution is 5.96. The van der Waals surface area contributed by atoms with Gasteiger partial charge in [0.15, 0.2) is 0 Å². The SMILES string of the molecule is Cc1ccccc1C(=O)N/N=C\c1ccc([C@@H]2C[C@H]2C)o1. The normalized spacial score (nSPS) is 20.7. The lowest BCUT2D eigenvalue weighted by atomic mass is 10.1. The molecule has 1 aliphatic carbocycles. The van der Waals surface area contributed by atoms with Crippen LogP contribution >= 0.6 is 0 Å². The van der Waals surface area contributed by atoms with Gasteiger partial charge in [0, 0.05) is 11.5 Å². The van der Waals surface area contributed by atoms with E-state index in [0.717, 1.165) is 11.3 Å². The van der Waals surface area contributed by atoms with Crippen LogP contribution < -0.4 is 5.43 Å². The van der Waals surface area contributed by atoms with E-state index in [-0.39, 0.29) is 5.91 Å². The Balaban J connectivity index is 1.61. The molecular weight excluding hydrogens is 264 g/mol. The van der Waals surface area contributed by atoms with E-state index in [9.17, 15) is 4.79 Å². The monoisotopic (exact) mass is 282 g/mol. The Morgan fingerprint density at radius 1 is 1.33 bits per heavy atom. The van der Waals surface area contributed by atoms with Crippen LogP contribution in [0.5, 0.6) is 0 Å². The van der Waals surface area contributed by atoms with Gasteiger partial charge in [0.1, 0.15) is 11.5 Å². The minimum atomic E-state index is -0.216. The van der Waals surface area contributed by atoms with Crippen LogP contribution in [0.25, 0.3) is 0 Å². The molecule has 1 heterocycles. The summed E-state index contributed by atoms with van der Waals surface area (Å²) in [5.74, 6) is 2.71. The molecule has 0 unspecified atom stereocenters. The van der Waals surface area contributed by atoms with Crippen LogP contribution in [-0.2, 0) is 0 Å². The molecule has 4 heteroatoms. The van der Waals surface area contributed by atoms with E-state index < -0.39 is 0 Å². The second-order valence-electron chi connectivity index (χ2n) is 5.57. The Morgan fingerprint density at radius 3 is 2.81 bits per heavy atom. The van der Waals surface area contributed by atoms with Crippen LogP contribution in [-0.4, -0.2) is 12.1 Å². The predicted molar refractivity (Wildman–Crippen MR) is 81.5 cm³/mol. The molecule has 21 heavy (non-hydrogen) atoms. The number of amides is 1. The van der Waals surface area contributed by atoms with Crippen molar-refractivity contribution in [3.63, 3.8) is 0 Å². The lowest BCUT2D eigenvalue weighted by Gasteiger charge is -2.02. The van der Waals surface area contributed by atoms with Crippen molar-refractivity contribution in [2.45, 2.75) is 26.2 Å². The van der Waals surface area contributed by atoms with Gasteiger partial charge in [-0.15, -0.1) is 0 Å². The summed E-state index contributed by atoms with van der Waals surface area (Å²) in [5, 5.41) is 3.95. The number of hydrogen-bond acceptors (Lipinski definition) is 3. The van der Waals surface area contributed by atoms with Crippen LogP contribution in [0, 0.1) is 12.8 Å².